The number of thioether (sulfide) groups is 1. The Morgan fingerprint density at radius 2 is 1.65 bits per heavy atom. The second-order valence-electron chi connectivity index (χ2n) is 8.93. The molecule has 3 N–H and O–H groups in total. The average Bonchev–Trinajstić information content (AvgIpc) is 3.44. The van der Waals surface area contributed by atoms with Gasteiger partial charge in [-0.3, -0.25) is 9.59 Å². The van der Waals surface area contributed by atoms with Crippen LogP contribution < -0.4 is 10.6 Å². The molecule has 2 aliphatic carbocycles. The maximum absolute atomic E-state index is 12.8. The van der Waals surface area contributed by atoms with Gasteiger partial charge in [0.25, 0.3) is 0 Å². The van der Waals surface area contributed by atoms with E-state index in [2.05, 4.69) is 10.6 Å². The van der Waals surface area contributed by atoms with Crippen LogP contribution in [0.3, 0.4) is 0 Å². The van der Waals surface area contributed by atoms with E-state index in [-0.39, 0.29) is 17.3 Å². The first-order valence-corrected chi connectivity index (χ1v) is 12.8. The number of ether oxygens (including phenoxy) is 1. The third kappa shape index (κ3) is 5.22. The van der Waals surface area contributed by atoms with Crippen LogP contribution in [0.5, 0.6) is 0 Å². The summed E-state index contributed by atoms with van der Waals surface area (Å²) >= 11 is 1.73. The third-order valence-electron chi connectivity index (χ3n) is 6.86. The van der Waals surface area contributed by atoms with Gasteiger partial charge in [0.05, 0.1) is 6.42 Å². The zero-order chi connectivity index (χ0) is 24.1. The summed E-state index contributed by atoms with van der Waals surface area (Å²) in [5.41, 5.74) is 4.39. The normalized spacial score (nSPS) is 16.9. The number of hydrogen-bond donors (Lipinski definition) is 3. The smallest absolute Gasteiger partial charge is 0.407 e. The van der Waals surface area contributed by atoms with E-state index in [1.54, 1.807) is 11.8 Å². The number of hydrogen-bond acceptors (Lipinski definition) is 5. The van der Waals surface area contributed by atoms with Gasteiger partial charge in [-0.1, -0.05) is 61.4 Å². The van der Waals surface area contributed by atoms with E-state index < -0.39 is 30.4 Å². The minimum Gasteiger partial charge on any atom is -0.481 e. The number of carboxylic acid groups (broad SMARTS) is 1. The van der Waals surface area contributed by atoms with Crippen molar-refractivity contribution in [2.45, 2.75) is 48.8 Å². The van der Waals surface area contributed by atoms with Crippen molar-refractivity contribution >= 4 is 29.7 Å². The highest BCUT2D eigenvalue weighted by atomic mass is 32.2. The second kappa shape index (κ2) is 10.5. The van der Waals surface area contributed by atoms with Crippen molar-refractivity contribution < 1.29 is 24.2 Å². The molecule has 1 fully saturated rings. The van der Waals surface area contributed by atoms with E-state index in [0.29, 0.717) is 6.54 Å². The molecule has 2 amide bonds. The molecule has 0 aromatic heterocycles. The van der Waals surface area contributed by atoms with E-state index in [1.165, 1.54) is 0 Å². The van der Waals surface area contributed by atoms with E-state index in [0.717, 1.165) is 47.9 Å². The highest BCUT2D eigenvalue weighted by molar-refractivity contribution is 8.00. The van der Waals surface area contributed by atoms with E-state index >= 15 is 0 Å². The van der Waals surface area contributed by atoms with E-state index in [9.17, 15) is 19.5 Å². The number of nitrogens with one attached hydrogen (secondary N) is 2. The van der Waals surface area contributed by atoms with Crippen molar-refractivity contribution in [1.29, 1.82) is 0 Å². The maximum Gasteiger partial charge on any atom is 0.407 e. The number of carbonyl (C=O) groups is 3. The number of carbonyl (C=O) groups excluding carboxylic acids is 2. The van der Waals surface area contributed by atoms with Crippen LogP contribution in [0.15, 0.2) is 48.5 Å². The van der Waals surface area contributed by atoms with Crippen molar-refractivity contribution in [3.05, 3.63) is 59.7 Å². The first kappa shape index (κ1) is 24.1. The lowest BCUT2D eigenvalue weighted by Crippen LogP contribution is -2.50. The van der Waals surface area contributed by atoms with Crippen molar-refractivity contribution in [3.63, 3.8) is 0 Å². The van der Waals surface area contributed by atoms with Gasteiger partial charge in [0.2, 0.25) is 5.91 Å². The first-order valence-electron chi connectivity index (χ1n) is 11.6. The predicted octanol–water partition coefficient (Wildman–Crippen LogP) is 4.16. The predicted molar refractivity (Wildman–Crippen MR) is 132 cm³/mol. The van der Waals surface area contributed by atoms with Crippen LogP contribution in [0.4, 0.5) is 4.79 Å². The van der Waals surface area contributed by atoms with Gasteiger partial charge in [-0.25, -0.2) is 4.79 Å². The van der Waals surface area contributed by atoms with Gasteiger partial charge >= 0.3 is 12.1 Å². The van der Waals surface area contributed by atoms with Crippen LogP contribution in [-0.2, 0) is 14.3 Å². The lowest BCUT2D eigenvalue weighted by molar-refractivity contribution is -0.139. The molecule has 2 aliphatic rings. The Morgan fingerprint density at radius 1 is 1.06 bits per heavy atom. The molecule has 0 radical (unpaired) electrons. The molecule has 0 heterocycles. The summed E-state index contributed by atoms with van der Waals surface area (Å²) in [4.78, 5) is 36.7. The summed E-state index contributed by atoms with van der Waals surface area (Å²) in [5.74, 6) is -1.79. The molecule has 34 heavy (non-hydrogen) atoms. The monoisotopic (exact) mass is 482 g/mol. The number of fused-ring (bicyclic) bond motifs is 3. The molecule has 1 atom stereocenters. The Labute approximate surface area is 203 Å². The quantitative estimate of drug-likeness (QED) is 0.496. The fraction of sp³-hybridized carbons (Fsp3) is 0.423. The van der Waals surface area contributed by atoms with Gasteiger partial charge in [-0.2, -0.15) is 11.8 Å². The fourth-order valence-electron chi connectivity index (χ4n) is 5.01. The van der Waals surface area contributed by atoms with Crippen LogP contribution in [0, 0.1) is 0 Å². The van der Waals surface area contributed by atoms with Gasteiger partial charge in [-0.15, -0.1) is 0 Å². The molecule has 0 bridgehead atoms. The Kier molecular flexibility index (Phi) is 7.46. The van der Waals surface area contributed by atoms with Gasteiger partial charge < -0.3 is 20.5 Å². The molecule has 0 aliphatic heterocycles. The van der Waals surface area contributed by atoms with Crippen LogP contribution >= 0.6 is 11.8 Å². The number of rotatable bonds is 9. The molecule has 4 rings (SSSR count). The minimum atomic E-state index is -1.20. The number of benzene rings is 2. The Hall–Kier alpha value is -3.00. The zero-order valence-electron chi connectivity index (χ0n) is 19.2. The molecule has 1 unspecified atom stereocenters. The Morgan fingerprint density at radius 3 is 2.21 bits per heavy atom. The van der Waals surface area contributed by atoms with Crippen molar-refractivity contribution in [1.82, 2.24) is 10.6 Å². The summed E-state index contributed by atoms with van der Waals surface area (Å²) in [7, 11) is 0. The standard InChI is InChI=1S/C26H30N2O5S/c1-34-26(12-6-7-13-26)16-27-24(31)22(14-23(29)30)28-25(32)33-15-21-19-10-4-2-8-17(19)18-9-3-5-11-20(18)21/h2-5,8-11,21-22H,6-7,12-16H2,1H3,(H,27,31)(H,28,32)(H,29,30). The molecule has 8 heteroatoms. The molecule has 0 saturated heterocycles. The van der Waals surface area contributed by atoms with Crippen molar-refractivity contribution in [3.8, 4) is 11.1 Å². The lowest BCUT2D eigenvalue weighted by atomic mass is 9.98. The Balaban J connectivity index is 1.38. The summed E-state index contributed by atoms with van der Waals surface area (Å²) in [6, 6.07) is 14.8. The molecule has 7 nitrogen and oxygen atoms in total. The van der Waals surface area contributed by atoms with Gasteiger partial charge in [0.15, 0.2) is 0 Å². The molecule has 180 valence electrons. The van der Waals surface area contributed by atoms with Gasteiger partial charge in [0.1, 0.15) is 12.6 Å². The summed E-state index contributed by atoms with van der Waals surface area (Å²) in [6.45, 7) is 0.548. The molecule has 2 aromatic carbocycles. The van der Waals surface area contributed by atoms with Crippen LogP contribution in [0.1, 0.15) is 49.1 Å². The van der Waals surface area contributed by atoms with Crippen LogP contribution in [0.2, 0.25) is 0 Å². The number of alkyl carbamates (subject to hydrolysis) is 1. The largest absolute Gasteiger partial charge is 0.481 e. The number of carboxylic acids is 1. The first-order chi connectivity index (χ1) is 16.4. The molecular weight excluding hydrogens is 452 g/mol. The molecule has 1 saturated carbocycles. The SMILES string of the molecule is CSC1(CNC(=O)C(CC(=O)O)NC(=O)OCC2c3ccccc3-c3ccccc32)CCCC1. The minimum absolute atomic E-state index is 0.0206. The molecular formula is C26H30N2O5S. The highest BCUT2D eigenvalue weighted by Gasteiger charge is 2.35. The van der Waals surface area contributed by atoms with Crippen LogP contribution in [-0.4, -0.2) is 53.3 Å². The second-order valence-corrected chi connectivity index (χ2v) is 10.2. The molecule has 2 aromatic rings. The molecule has 0 spiro atoms. The topological polar surface area (TPSA) is 105 Å². The van der Waals surface area contributed by atoms with Crippen LogP contribution in [0.25, 0.3) is 11.1 Å². The maximum atomic E-state index is 12.8. The highest BCUT2D eigenvalue weighted by Crippen LogP contribution is 2.44. The summed E-state index contributed by atoms with van der Waals surface area (Å²) in [6.07, 6.45) is 4.98. The van der Waals surface area contributed by atoms with Gasteiger partial charge in [-0.05, 0) is 41.4 Å². The third-order valence-corrected chi connectivity index (χ3v) is 8.28. The number of amides is 2. The Bertz CT molecular complexity index is 1020. The zero-order valence-corrected chi connectivity index (χ0v) is 20.0. The average molecular weight is 483 g/mol. The summed E-state index contributed by atoms with van der Waals surface area (Å²) < 4.78 is 5.47. The van der Waals surface area contributed by atoms with Crippen molar-refractivity contribution in [2.75, 3.05) is 19.4 Å². The lowest BCUT2D eigenvalue weighted by Gasteiger charge is -2.28. The number of aliphatic carboxylic acids is 1. The van der Waals surface area contributed by atoms with Crippen molar-refractivity contribution in [2.24, 2.45) is 0 Å². The van der Waals surface area contributed by atoms with E-state index in [4.69, 9.17) is 4.74 Å². The summed E-state index contributed by atoms with van der Waals surface area (Å²) in [5, 5.41) is 14.6. The van der Waals surface area contributed by atoms with E-state index in [1.807, 2.05) is 54.8 Å². The fourth-order valence-corrected chi connectivity index (χ4v) is 5.92. The van der Waals surface area contributed by atoms with Gasteiger partial charge in [0, 0.05) is 17.2 Å².